The second-order valence-electron chi connectivity index (χ2n) is 8.71. The summed E-state index contributed by atoms with van der Waals surface area (Å²) in [5, 5.41) is 2.44. The van der Waals surface area contributed by atoms with Crippen molar-refractivity contribution in [2.45, 2.75) is 44.1 Å². The van der Waals surface area contributed by atoms with Crippen molar-refractivity contribution in [3.05, 3.63) is 65.7 Å². The summed E-state index contributed by atoms with van der Waals surface area (Å²) in [6.07, 6.45) is 3.61. The summed E-state index contributed by atoms with van der Waals surface area (Å²) in [6, 6.07) is 19.9. The quantitative estimate of drug-likeness (QED) is 0.596. The molecule has 2 aliphatic rings. The standard InChI is InChI=1S/C26H27NO2/c1-26-15-14-24(28)27(2)23(26)13-10-18-16-19(8-11-21(18)26)25-20-7-5-4-6-17(20)9-12-22(25)29-3/h4-9,11-12,16,23H,10,13-15H2,1-3H3/t23-,26-/m1/s1. The molecule has 148 valence electrons. The predicted octanol–water partition coefficient (Wildman–Crippen LogP) is 5.34. The van der Waals surface area contributed by atoms with E-state index < -0.39 is 0 Å². The minimum absolute atomic E-state index is 0.0393. The molecule has 29 heavy (non-hydrogen) atoms. The van der Waals surface area contributed by atoms with Crippen LogP contribution in [0, 0.1) is 0 Å². The molecule has 1 aliphatic heterocycles. The Bertz CT molecular complexity index is 1120. The van der Waals surface area contributed by atoms with Crippen LogP contribution < -0.4 is 4.74 Å². The number of likely N-dealkylation sites (tertiary alicyclic amines) is 1. The van der Waals surface area contributed by atoms with Crippen LogP contribution in [-0.4, -0.2) is 31.0 Å². The van der Waals surface area contributed by atoms with E-state index in [9.17, 15) is 4.79 Å². The lowest BCUT2D eigenvalue weighted by atomic mass is 9.63. The fourth-order valence-corrected chi connectivity index (χ4v) is 5.66. The molecule has 2 atom stereocenters. The summed E-state index contributed by atoms with van der Waals surface area (Å²) in [7, 11) is 3.72. The van der Waals surface area contributed by atoms with E-state index in [0.29, 0.717) is 12.5 Å². The summed E-state index contributed by atoms with van der Waals surface area (Å²) < 4.78 is 5.74. The molecule has 1 fully saturated rings. The highest BCUT2D eigenvalue weighted by Crippen LogP contribution is 2.47. The molecule has 0 spiro atoms. The number of nitrogens with zero attached hydrogens (tertiary/aromatic N) is 1. The van der Waals surface area contributed by atoms with E-state index in [1.54, 1.807) is 7.11 Å². The fourth-order valence-electron chi connectivity index (χ4n) is 5.66. The third kappa shape index (κ3) is 2.67. The summed E-state index contributed by atoms with van der Waals surface area (Å²) in [5.74, 6) is 1.19. The van der Waals surface area contributed by atoms with E-state index >= 15 is 0 Å². The average Bonchev–Trinajstić information content (AvgIpc) is 2.75. The number of carbonyl (C=O) groups is 1. The van der Waals surface area contributed by atoms with E-state index in [-0.39, 0.29) is 11.3 Å². The van der Waals surface area contributed by atoms with Crippen LogP contribution in [0.3, 0.4) is 0 Å². The molecule has 1 saturated heterocycles. The first-order valence-electron chi connectivity index (χ1n) is 10.5. The second kappa shape index (κ2) is 6.62. The number of fused-ring (bicyclic) bond motifs is 4. The van der Waals surface area contributed by atoms with Gasteiger partial charge < -0.3 is 9.64 Å². The lowest BCUT2D eigenvalue weighted by molar-refractivity contribution is -0.138. The number of ether oxygens (including phenoxy) is 1. The summed E-state index contributed by atoms with van der Waals surface area (Å²) >= 11 is 0. The molecule has 0 bridgehead atoms. The van der Waals surface area contributed by atoms with Crippen molar-refractivity contribution in [1.29, 1.82) is 0 Å². The smallest absolute Gasteiger partial charge is 0.222 e. The molecule has 3 aromatic carbocycles. The topological polar surface area (TPSA) is 29.5 Å². The molecular weight excluding hydrogens is 358 g/mol. The molecule has 0 radical (unpaired) electrons. The zero-order valence-corrected chi connectivity index (χ0v) is 17.4. The van der Waals surface area contributed by atoms with Crippen LogP contribution in [0.5, 0.6) is 5.75 Å². The minimum atomic E-state index is 0.0393. The Kier molecular flexibility index (Phi) is 4.16. The lowest BCUT2D eigenvalue weighted by Gasteiger charge is -2.50. The molecule has 1 amide bonds. The summed E-state index contributed by atoms with van der Waals surface area (Å²) in [4.78, 5) is 14.2. The van der Waals surface area contributed by atoms with Crippen molar-refractivity contribution < 1.29 is 9.53 Å². The van der Waals surface area contributed by atoms with Gasteiger partial charge in [-0.2, -0.15) is 0 Å². The average molecular weight is 386 g/mol. The fraction of sp³-hybridized carbons (Fsp3) is 0.346. The molecule has 5 rings (SSSR count). The number of piperidine rings is 1. The first-order chi connectivity index (χ1) is 14.0. The Morgan fingerprint density at radius 2 is 1.90 bits per heavy atom. The van der Waals surface area contributed by atoms with Gasteiger partial charge in [-0.25, -0.2) is 0 Å². The van der Waals surface area contributed by atoms with Gasteiger partial charge in [0.25, 0.3) is 0 Å². The zero-order valence-electron chi connectivity index (χ0n) is 17.4. The first-order valence-corrected chi connectivity index (χ1v) is 10.5. The molecule has 0 saturated carbocycles. The molecule has 3 nitrogen and oxygen atoms in total. The molecule has 0 unspecified atom stereocenters. The van der Waals surface area contributed by atoms with Crippen molar-refractivity contribution in [1.82, 2.24) is 4.90 Å². The number of likely N-dealkylation sites (N-methyl/N-ethyl adjacent to an activating group) is 1. The van der Waals surface area contributed by atoms with Crippen LogP contribution in [0.25, 0.3) is 21.9 Å². The van der Waals surface area contributed by atoms with Crippen LogP contribution in [0.1, 0.15) is 37.3 Å². The van der Waals surface area contributed by atoms with Gasteiger partial charge in [0.1, 0.15) is 5.75 Å². The highest BCUT2D eigenvalue weighted by atomic mass is 16.5. The number of rotatable bonds is 2. The lowest BCUT2D eigenvalue weighted by Crippen LogP contribution is -2.56. The number of hydrogen-bond donors (Lipinski definition) is 0. The SMILES string of the molecule is COc1ccc2ccccc2c1-c1ccc2c(c1)CC[C@H]1N(C)C(=O)CC[C@]21C. The number of amides is 1. The number of hydrogen-bond acceptors (Lipinski definition) is 2. The number of carbonyl (C=O) groups excluding carboxylic acids is 1. The van der Waals surface area contributed by atoms with Crippen molar-refractivity contribution in [2.75, 3.05) is 14.2 Å². The summed E-state index contributed by atoms with van der Waals surface area (Å²) in [6.45, 7) is 2.34. The van der Waals surface area contributed by atoms with Crippen molar-refractivity contribution in [3.63, 3.8) is 0 Å². The molecule has 3 heteroatoms. The van der Waals surface area contributed by atoms with E-state index in [2.05, 4.69) is 61.5 Å². The Morgan fingerprint density at radius 3 is 2.72 bits per heavy atom. The van der Waals surface area contributed by atoms with Gasteiger partial charge in [0.05, 0.1) is 7.11 Å². The van der Waals surface area contributed by atoms with Gasteiger partial charge in [-0.1, -0.05) is 55.5 Å². The maximum Gasteiger partial charge on any atom is 0.222 e. The van der Waals surface area contributed by atoms with E-state index in [4.69, 9.17) is 4.74 Å². The number of aryl methyl sites for hydroxylation is 1. The highest BCUT2D eigenvalue weighted by Gasteiger charge is 2.46. The normalized spacial score (nSPS) is 23.6. The molecule has 1 aliphatic carbocycles. The van der Waals surface area contributed by atoms with Gasteiger partial charge in [-0.3, -0.25) is 4.79 Å². The molecule has 3 aromatic rings. The third-order valence-corrected chi connectivity index (χ3v) is 7.26. The molecule has 0 N–H and O–H groups in total. The third-order valence-electron chi connectivity index (χ3n) is 7.26. The zero-order chi connectivity index (χ0) is 20.2. The Labute approximate surface area is 172 Å². The van der Waals surface area contributed by atoms with Gasteiger partial charge in [0.15, 0.2) is 0 Å². The van der Waals surface area contributed by atoms with E-state index in [0.717, 1.165) is 30.6 Å². The van der Waals surface area contributed by atoms with Gasteiger partial charge in [0, 0.05) is 30.5 Å². The van der Waals surface area contributed by atoms with E-state index in [1.807, 2.05) is 11.9 Å². The number of methoxy groups -OCH3 is 1. The molecule has 0 aromatic heterocycles. The van der Waals surface area contributed by atoms with Crippen LogP contribution in [0.4, 0.5) is 0 Å². The van der Waals surface area contributed by atoms with Gasteiger partial charge in [0.2, 0.25) is 5.91 Å². The van der Waals surface area contributed by atoms with Gasteiger partial charge >= 0.3 is 0 Å². The van der Waals surface area contributed by atoms with Crippen LogP contribution in [0.2, 0.25) is 0 Å². The maximum absolute atomic E-state index is 12.2. The Balaban J connectivity index is 1.65. The van der Waals surface area contributed by atoms with E-state index in [1.165, 1.54) is 27.5 Å². The van der Waals surface area contributed by atoms with Gasteiger partial charge in [-0.05, 0) is 52.8 Å². The van der Waals surface area contributed by atoms with Crippen molar-refractivity contribution in [2.24, 2.45) is 0 Å². The van der Waals surface area contributed by atoms with Crippen molar-refractivity contribution in [3.8, 4) is 16.9 Å². The number of benzene rings is 3. The van der Waals surface area contributed by atoms with Gasteiger partial charge in [-0.15, -0.1) is 0 Å². The van der Waals surface area contributed by atoms with Crippen LogP contribution in [0.15, 0.2) is 54.6 Å². The minimum Gasteiger partial charge on any atom is -0.496 e. The Morgan fingerprint density at radius 1 is 1.07 bits per heavy atom. The maximum atomic E-state index is 12.2. The molecule has 1 heterocycles. The largest absolute Gasteiger partial charge is 0.496 e. The van der Waals surface area contributed by atoms with Crippen molar-refractivity contribution >= 4 is 16.7 Å². The predicted molar refractivity (Wildman–Crippen MR) is 117 cm³/mol. The monoisotopic (exact) mass is 385 g/mol. The van der Waals surface area contributed by atoms with Crippen LogP contribution in [-0.2, 0) is 16.6 Å². The second-order valence-corrected chi connectivity index (χ2v) is 8.71. The van der Waals surface area contributed by atoms with Crippen LogP contribution >= 0.6 is 0 Å². The molecular formula is C26H27NO2. The Hall–Kier alpha value is -2.81. The first kappa shape index (κ1) is 18.2. The summed E-state index contributed by atoms with van der Waals surface area (Å²) in [5.41, 5.74) is 5.24. The highest BCUT2D eigenvalue weighted by molar-refractivity contribution is 6.00.